The zero-order chi connectivity index (χ0) is 12.4. The Labute approximate surface area is 105 Å². The van der Waals surface area contributed by atoms with Gasteiger partial charge in [-0.25, -0.2) is 4.98 Å². The van der Waals surface area contributed by atoms with E-state index in [1.54, 1.807) is 18.2 Å². The van der Waals surface area contributed by atoms with E-state index in [0.29, 0.717) is 17.7 Å². The first-order chi connectivity index (χ1) is 8.83. The summed E-state index contributed by atoms with van der Waals surface area (Å²) in [6.07, 6.45) is 1.40. The molecule has 0 amide bonds. The number of ketones is 1. The third kappa shape index (κ3) is 2.27. The van der Waals surface area contributed by atoms with Gasteiger partial charge in [0.05, 0.1) is 6.54 Å². The summed E-state index contributed by atoms with van der Waals surface area (Å²) in [6.45, 7) is 4.24. The number of hydrogen-bond donors (Lipinski definition) is 1. The van der Waals surface area contributed by atoms with Gasteiger partial charge < -0.3 is 9.73 Å². The third-order valence-electron chi connectivity index (χ3n) is 3.23. The highest BCUT2D eigenvalue weighted by Gasteiger charge is 2.15. The lowest BCUT2D eigenvalue weighted by molar-refractivity contribution is 0.0921. The molecular weight excluding hydrogens is 230 g/mol. The van der Waals surface area contributed by atoms with Gasteiger partial charge in [-0.15, -0.1) is 0 Å². The van der Waals surface area contributed by atoms with Crippen LogP contribution < -0.4 is 5.32 Å². The fourth-order valence-corrected chi connectivity index (χ4v) is 2.19. The van der Waals surface area contributed by atoms with Crippen molar-refractivity contribution >= 4 is 16.9 Å². The van der Waals surface area contributed by atoms with Crippen molar-refractivity contribution in [2.45, 2.75) is 0 Å². The molecule has 0 unspecified atom stereocenters. The quantitative estimate of drug-likeness (QED) is 0.815. The molecule has 1 aromatic carbocycles. The lowest BCUT2D eigenvalue weighted by atomic mass is 10.1. The molecule has 1 aliphatic heterocycles. The molecule has 1 aliphatic rings. The maximum atomic E-state index is 12.2. The van der Waals surface area contributed by atoms with Crippen LogP contribution in [0.15, 0.2) is 29.0 Å². The first-order valence-corrected chi connectivity index (χ1v) is 6.12. The lowest BCUT2D eigenvalue weighted by Crippen LogP contribution is -2.45. The van der Waals surface area contributed by atoms with Crippen LogP contribution in [0.1, 0.15) is 10.4 Å². The first kappa shape index (κ1) is 11.4. The van der Waals surface area contributed by atoms with Crippen LogP contribution in [-0.4, -0.2) is 48.4 Å². The molecule has 1 saturated heterocycles. The molecule has 2 heterocycles. The summed E-state index contributed by atoms with van der Waals surface area (Å²) in [7, 11) is 0. The van der Waals surface area contributed by atoms with Crippen LogP contribution in [0.4, 0.5) is 0 Å². The molecule has 0 spiro atoms. The molecule has 5 heteroatoms. The van der Waals surface area contributed by atoms with Crippen LogP contribution in [-0.2, 0) is 0 Å². The first-order valence-electron chi connectivity index (χ1n) is 6.12. The Morgan fingerprint density at radius 2 is 2.22 bits per heavy atom. The summed E-state index contributed by atoms with van der Waals surface area (Å²) < 4.78 is 5.16. The van der Waals surface area contributed by atoms with Gasteiger partial charge in [-0.2, -0.15) is 0 Å². The van der Waals surface area contributed by atoms with Gasteiger partial charge in [0.15, 0.2) is 17.8 Å². The number of oxazole rings is 1. The van der Waals surface area contributed by atoms with E-state index in [0.717, 1.165) is 31.7 Å². The highest BCUT2D eigenvalue weighted by atomic mass is 16.3. The Morgan fingerprint density at radius 1 is 1.39 bits per heavy atom. The second-order valence-electron chi connectivity index (χ2n) is 4.48. The van der Waals surface area contributed by atoms with Crippen LogP contribution >= 0.6 is 0 Å². The van der Waals surface area contributed by atoms with Crippen molar-refractivity contribution < 1.29 is 9.21 Å². The van der Waals surface area contributed by atoms with Gasteiger partial charge in [-0.3, -0.25) is 9.69 Å². The van der Waals surface area contributed by atoms with Crippen LogP contribution in [0, 0.1) is 0 Å². The van der Waals surface area contributed by atoms with E-state index in [-0.39, 0.29) is 5.78 Å². The molecule has 0 aliphatic carbocycles. The van der Waals surface area contributed by atoms with Crippen molar-refractivity contribution in [1.82, 2.24) is 15.2 Å². The molecular formula is C13H15N3O2. The van der Waals surface area contributed by atoms with Crippen molar-refractivity contribution in [3.05, 3.63) is 30.2 Å². The van der Waals surface area contributed by atoms with Crippen LogP contribution in [0.3, 0.4) is 0 Å². The highest BCUT2D eigenvalue weighted by Crippen LogP contribution is 2.14. The number of benzene rings is 1. The minimum Gasteiger partial charge on any atom is -0.443 e. The molecule has 2 aromatic rings. The van der Waals surface area contributed by atoms with Crippen molar-refractivity contribution in [3.8, 4) is 0 Å². The van der Waals surface area contributed by atoms with Crippen LogP contribution in [0.2, 0.25) is 0 Å². The maximum absolute atomic E-state index is 12.2. The zero-order valence-corrected chi connectivity index (χ0v) is 10.1. The number of nitrogens with one attached hydrogen (secondary N) is 1. The Kier molecular flexibility index (Phi) is 3.08. The normalized spacial score (nSPS) is 17.1. The number of carbonyl (C=O) groups is 1. The number of aromatic nitrogens is 1. The van der Waals surface area contributed by atoms with Gasteiger partial charge in [0.2, 0.25) is 0 Å². The van der Waals surface area contributed by atoms with E-state index >= 15 is 0 Å². The van der Waals surface area contributed by atoms with Gasteiger partial charge in [-0.05, 0) is 18.2 Å². The number of piperazine rings is 1. The number of rotatable bonds is 3. The largest absolute Gasteiger partial charge is 0.443 e. The Hall–Kier alpha value is -1.72. The molecule has 94 valence electrons. The molecule has 5 nitrogen and oxygen atoms in total. The molecule has 18 heavy (non-hydrogen) atoms. The Morgan fingerprint density at radius 3 is 3.06 bits per heavy atom. The SMILES string of the molecule is O=C(CN1CCNCC1)c1ccc2ocnc2c1. The van der Waals surface area contributed by atoms with Gasteiger partial charge in [0, 0.05) is 31.7 Å². The second kappa shape index (κ2) is 4.88. The fraction of sp³-hybridized carbons (Fsp3) is 0.385. The van der Waals surface area contributed by atoms with E-state index < -0.39 is 0 Å². The molecule has 1 N–H and O–H groups in total. The number of nitrogens with zero attached hydrogens (tertiary/aromatic N) is 2. The monoisotopic (exact) mass is 245 g/mol. The van der Waals surface area contributed by atoms with Gasteiger partial charge in [0.25, 0.3) is 0 Å². The van der Waals surface area contributed by atoms with Crippen LogP contribution in [0.5, 0.6) is 0 Å². The molecule has 3 rings (SSSR count). The van der Waals surface area contributed by atoms with E-state index in [9.17, 15) is 4.79 Å². The zero-order valence-electron chi connectivity index (χ0n) is 10.1. The summed E-state index contributed by atoms with van der Waals surface area (Å²) in [4.78, 5) is 18.4. The second-order valence-corrected chi connectivity index (χ2v) is 4.48. The van der Waals surface area contributed by atoms with E-state index in [4.69, 9.17) is 4.42 Å². The lowest BCUT2D eigenvalue weighted by Gasteiger charge is -2.26. The topological polar surface area (TPSA) is 58.4 Å². The Bertz CT molecular complexity index is 558. The van der Waals surface area contributed by atoms with Gasteiger partial charge >= 0.3 is 0 Å². The summed E-state index contributed by atoms with van der Waals surface area (Å²) in [5.74, 6) is 0.141. The Balaban J connectivity index is 1.74. The van der Waals surface area contributed by atoms with Crippen molar-refractivity contribution in [3.63, 3.8) is 0 Å². The molecule has 1 aromatic heterocycles. The highest BCUT2D eigenvalue weighted by molar-refractivity contribution is 5.99. The number of hydrogen-bond acceptors (Lipinski definition) is 5. The molecule has 0 radical (unpaired) electrons. The minimum absolute atomic E-state index is 0.141. The molecule has 1 fully saturated rings. The van der Waals surface area contributed by atoms with E-state index in [1.807, 2.05) is 0 Å². The predicted molar refractivity (Wildman–Crippen MR) is 67.6 cm³/mol. The van der Waals surface area contributed by atoms with E-state index in [2.05, 4.69) is 15.2 Å². The fourth-order valence-electron chi connectivity index (χ4n) is 2.19. The predicted octanol–water partition coefficient (Wildman–Crippen LogP) is 0.916. The average molecular weight is 245 g/mol. The van der Waals surface area contributed by atoms with Crippen molar-refractivity contribution in [2.24, 2.45) is 0 Å². The molecule has 0 saturated carbocycles. The standard InChI is InChI=1S/C13H15N3O2/c17-12(8-16-5-3-14-4-6-16)10-1-2-13-11(7-10)15-9-18-13/h1-2,7,9,14H,3-6,8H2. The molecule has 0 atom stereocenters. The summed E-state index contributed by atoms with van der Waals surface area (Å²) in [5, 5.41) is 3.27. The average Bonchev–Trinajstić information content (AvgIpc) is 2.87. The number of Topliss-reactive ketones (excluding diaryl/α,β-unsaturated/α-hetero) is 1. The van der Waals surface area contributed by atoms with E-state index in [1.165, 1.54) is 6.39 Å². The van der Waals surface area contributed by atoms with Gasteiger partial charge in [-0.1, -0.05) is 0 Å². The summed E-state index contributed by atoms with van der Waals surface area (Å²) in [5.41, 5.74) is 2.16. The smallest absolute Gasteiger partial charge is 0.181 e. The van der Waals surface area contributed by atoms with Crippen LogP contribution in [0.25, 0.3) is 11.1 Å². The minimum atomic E-state index is 0.141. The van der Waals surface area contributed by atoms with Crippen molar-refractivity contribution in [2.75, 3.05) is 32.7 Å². The third-order valence-corrected chi connectivity index (χ3v) is 3.23. The molecule has 0 bridgehead atoms. The summed E-state index contributed by atoms with van der Waals surface area (Å²) in [6, 6.07) is 5.40. The van der Waals surface area contributed by atoms with Crippen molar-refractivity contribution in [1.29, 1.82) is 0 Å². The summed E-state index contributed by atoms with van der Waals surface area (Å²) >= 11 is 0. The van der Waals surface area contributed by atoms with Gasteiger partial charge in [0.1, 0.15) is 5.52 Å². The maximum Gasteiger partial charge on any atom is 0.181 e. The number of fused-ring (bicyclic) bond motifs is 1. The number of carbonyl (C=O) groups excluding carboxylic acids is 1.